The first-order valence-electron chi connectivity index (χ1n) is 11.1. The molecule has 2 atom stereocenters. The van der Waals surface area contributed by atoms with Crippen LogP contribution in [0.5, 0.6) is 34.5 Å². The van der Waals surface area contributed by atoms with Gasteiger partial charge in [0.15, 0.2) is 23.0 Å². The molecule has 8 heteroatoms. The van der Waals surface area contributed by atoms with E-state index in [-0.39, 0.29) is 6.04 Å². The van der Waals surface area contributed by atoms with Crippen LogP contribution in [0.4, 0.5) is 0 Å². The Labute approximate surface area is 202 Å². The summed E-state index contributed by atoms with van der Waals surface area (Å²) in [5.41, 5.74) is 7.33. The van der Waals surface area contributed by atoms with Gasteiger partial charge in [0.1, 0.15) is 0 Å². The molecule has 0 spiro atoms. The van der Waals surface area contributed by atoms with E-state index in [1.165, 1.54) is 14.2 Å². The topological polar surface area (TPSA) is 105 Å². The first kappa shape index (κ1) is 26.9. The van der Waals surface area contributed by atoms with Gasteiger partial charge in [-0.2, -0.15) is 5.26 Å². The Morgan fingerprint density at radius 3 is 1.97 bits per heavy atom. The monoisotopic (exact) mass is 472 g/mol. The highest BCUT2D eigenvalue weighted by Crippen LogP contribution is 2.50. The third-order valence-electron chi connectivity index (χ3n) is 6.03. The summed E-state index contributed by atoms with van der Waals surface area (Å²) in [5, 5.41) is 10.1. The van der Waals surface area contributed by atoms with Crippen LogP contribution in [-0.2, 0) is 11.8 Å². The molecule has 2 rings (SSSR count). The molecule has 0 aliphatic carbocycles. The van der Waals surface area contributed by atoms with Crippen molar-refractivity contribution >= 4 is 0 Å². The van der Waals surface area contributed by atoms with Gasteiger partial charge < -0.3 is 34.2 Å². The summed E-state index contributed by atoms with van der Waals surface area (Å²) >= 11 is 0. The molecule has 0 radical (unpaired) electrons. The zero-order valence-corrected chi connectivity index (χ0v) is 21.2. The number of methoxy groups -OCH3 is 6. The van der Waals surface area contributed by atoms with E-state index in [0.717, 1.165) is 18.4 Å². The maximum absolute atomic E-state index is 10.1. The number of nitrogens with two attached hydrogens (primary N) is 1. The van der Waals surface area contributed by atoms with Crippen molar-refractivity contribution in [3.63, 3.8) is 0 Å². The highest BCUT2D eigenvalue weighted by molar-refractivity contribution is 5.65. The van der Waals surface area contributed by atoms with Crippen molar-refractivity contribution in [2.24, 2.45) is 5.73 Å². The maximum atomic E-state index is 10.1. The second-order valence-electron chi connectivity index (χ2n) is 8.22. The number of nitrogens with zero attached hydrogens (tertiary/aromatic N) is 1. The Hall–Kier alpha value is -3.31. The fourth-order valence-electron chi connectivity index (χ4n) is 4.12. The van der Waals surface area contributed by atoms with Crippen LogP contribution in [-0.4, -0.2) is 48.7 Å². The second kappa shape index (κ2) is 12.2. The molecular weight excluding hydrogens is 436 g/mol. The van der Waals surface area contributed by atoms with Gasteiger partial charge in [-0.25, -0.2) is 0 Å². The molecule has 0 saturated carbocycles. The lowest BCUT2D eigenvalue weighted by Crippen LogP contribution is -2.25. The van der Waals surface area contributed by atoms with Gasteiger partial charge in [0.25, 0.3) is 0 Å². The molecule has 34 heavy (non-hydrogen) atoms. The second-order valence-corrected chi connectivity index (χ2v) is 8.22. The average Bonchev–Trinajstić information content (AvgIpc) is 2.86. The maximum Gasteiger partial charge on any atom is 0.207 e. The molecule has 0 fully saturated rings. The van der Waals surface area contributed by atoms with Gasteiger partial charge in [0.2, 0.25) is 11.5 Å². The zero-order valence-electron chi connectivity index (χ0n) is 21.2. The lowest BCUT2D eigenvalue weighted by molar-refractivity contribution is 0.300. The van der Waals surface area contributed by atoms with Gasteiger partial charge in [-0.15, -0.1) is 0 Å². The Morgan fingerprint density at radius 2 is 1.44 bits per heavy atom. The fourth-order valence-corrected chi connectivity index (χ4v) is 4.12. The number of ether oxygens (including phenoxy) is 6. The highest BCUT2D eigenvalue weighted by atomic mass is 16.5. The summed E-state index contributed by atoms with van der Waals surface area (Å²) in [7, 11) is 9.37. The van der Waals surface area contributed by atoms with Gasteiger partial charge >= 0.3 is 0 Å². The molecule has 186 valence electrons. The number of nitriles is 1. The van der Waals surface area contributed by atoms with Crippen molar-refractivity contribution in [1.29, 1.82) is 5.26 Å². The molecule has 0 bridgehead atoms. The SMILES string of the molecule is COc1ccc(CC(N)CCCC(C)(C#N)c2cc(OC)c(OC)c(OC)c2OC)cc1OC. The molecule has 0 aromatic heterocycles. The van der Waals surface area contributed by atoms with Crippen molar-refractivity contribution in [3.8, 4) is 40.6 Å². The Morgan fingerprint density at radius 1 is 0.824 bits per heavy atom. The molecule has 2 aromatic carbocycles. The zero-order chi connectivity index (χ0) is 25.3. The van der Waals surface area contributed by atoms with Crippen LogP contribution in [0.1, 0.15) is 37.3 Å². The molecule has 2 unspecified atom stereocenters. The highest BCUT2D eigenvalue weighted by Gasteiger charge is 2.34. The Kier molecular flexibility index (Phi) is 9.69. The summed E-state index contributed by atoms with van der Waals surface area (Å²) < 4.78 is 32.8. The lowest BCUT2D eigenvalue weighted by Gasteiger charge is -2.27. The number of benzene rings is 2. The van der Waals surface area contributed by atoms with Gasteiger partial charge in [-0.05, 0) is 56.4 Å². The Balaban J connectivity index is 2.19. The van der Waals surface area contributed by atoms with E-state index in [2.05, 4.69) is 6.07 Å². The molecule has 2 aromatic rings. The molecule has 0 saturated heterocycles. The number of rotatable bonds is 13. The number of hydrogen-bond donors (Lipinski definition) is 1. The average molecular weight is 473 g/mol. The van der Waals surface area contributed by atoms with Gasteiger partial charge in [-0.3, -0.25) is 0 Å². The number of hydrogen-bond acceptors (Lipinski definition) is 8. The minimum Gasteiger partial charge on any atom is -0.493 e. The van der Waals surface area contributed by atoms with E-state index in [1.807, 2.05) is 25.1 Å². The van der Waals surface area contributed by atoms with Crippen LogP contribution in [0, 0.1) is 11.3 Å². The molecule has 0 heterocycles. The van der Waals surface area contributed by atoms with Crippen LogP contribution in [0.15, 0.2) is 24.3 Å². The summed E-state index contributed by atoms with van der Waals surface area (Å²) in [4.78, 5) is 0. The van der Waals surface area contributed by atoms with E-state index in [0.29, 0.717) is 52.9 Å². The quantitative estimate of drug-likeness (QED) is 0.461. The van der Waals surface area contributed by atoms with Crippen molar-refractivity contribution in [2.75, 3.05) is 42.7 Å². The van der Waals surface area contributed by atoms with Crippen LogP contribution < -0.4 is 34.2 Å². The van der Waals surface area contributed by atoms with E-state index >= 15 is 0 Å². The van der Waals surface area contributed by atoms with Crippen LogP contribution >= 0.6 is 0 Å². The van der Waals surface area contributed by atoms with E-state index < -0.39 is 5.41 Å². The largest absolute Gasteiger partial charge is 0.493 e. The molecule has 0 aliphatic heterocycles. The molecule has 2 N–H and O–H groups in total. The lowest BCUT2D eigenvalue weighted by atomic mass is 9.78. The van der Waals surface area contributed by atoms with E-state index in [9.17, 15) is 5.26 Å². The van der Waals surface area contributed by atoms with Crippen molar-refractivity contribution in [1.82, 2.24) is 0 Å². The molecular formula is C26H36N2O6. The minimum absolute atomic E-state index is 0.0668. The van der Waals surface area contributed by atoms with Crippen LogP contribution in [0.2, 0.25) is 0 Å². The van der Waals surface area contributed by atoms with Gasteiger partial charge in [0.05, 0.1) is 54.1 Å². The predicted octanol–water partition coefficient (Wildman–Crippen LogP) is 4.26. The summed E-state index contributed by atoms with van der Waals surface area (Å²) in [6.07, 6.45) is 2.77. The normalized spacial score (nSPS) is 13.3. The summed E-state index contributed by atoms with van der Waals surface area (Å²) in [6.45, 7) is 1.88. The van der Waals surface area contributed by atoms with Crippen molar-refractivity contribution in [3.05, 3.63) is 35.4 Å². The molecule has 0 aliphatic rings. The first-order chi connectivity index (χ1) is 16.3. The molecule has 0 amide bonds. The van der Waals surface area contributed by atoms with E-state index in [1.54, 1.807) is 34.5 Å². The first-order valence-corrected chi connectivity index (χ1v) is 11.1. The van der Waals surface area contributed by atoms with Gasteiger partial charge in [0, 0.05) is 11.6 Å². The minimum atomic E-state index is -0.846. The summed E-state index contributed by atoms with van der Waals surface area (Å²) in [6, 6.07) is 9.99. The standard InChI is InChI=1S/C26H36N2O6/c1-26(16-27,19-15-22(31-4)24(33-6)25(34-7)23(19)32-5)12-8-9-18(28)13-17-10-11-20(29-2)21(14-17)30-3/h10-11,14-15,18H,8-9,12-13,28H2,1-7H3. The van der Waals surface area contributed by atoms with Crippen molar-refractivity contribution < 1.29 is 28.4 Å². The van der Waals surface area contributed by atoms with Gasteiger partial charge in [-0.1, -0.05) is 6.07 Å². The fraction of sp³-hybridized carbons (Fsp3) is 0.500. The van der Waals surface area contributed by atoms with Crippen LogP contribution in [0.3, 0.4) is 0 Å². The van der Waals surface area contributed by atoms with Crippen molar-refractivity contribution in [2.45, 2.75) is 44.1 Å². The third-order valence-corrected chi connectivity index (χ3v) is 6.03. The third kappa shape index (κ3) is 5.78. The van der Waals surface area contributed by atoms with Crippen LogP contribution in [0.25, 0.3) is 0 Å². The molecule has 8 nitrogen and oxygen atoms in total. The predicted molar refractivity (Wildman–Crippen MR) is 131 cm³/mol. The smallest absolute Gasteiger partial charge is 0.207 e. The van der Waals surface area contributed by atoms with E-state index in [4.69, 9.17) is 34.2 Å². The summed E-state index contributed by atoms with van der Waals surface area (Å²) in [5.74, 6) is 3.11. The Bertz CT molecular complexity index is 1000.